The van der Waals surface area contributed by atoms with E-state index in [2.05, 4.69) is 0 Å². The standard InChI is InChI=1S/C12H13NO5S/c1-7-10-8(13(2)19(3,16)17)5-4-6-9(10)18-11(7)12(14)15/h4-6H,1-3H3,(H,14,15). The van der Waals surface area contributed by atoms with Gasteiger partial charge < -0.3 is 9.52 Å². The molecular formula is C12H13NO5S. The molecule has 2 rings (SSSR count). The number of carboxylic acid groups (broad SMARTS) is 1. The summed E-state index contributed by atoms with van der Waals surface area (Å²) in [7, 11) is -2.02. The van der Waals surface area contributed by atoms with Gasteiger partial charge in [-0.1, -0.05) is 6.07 Å². The smallest absolute Gasteiger partial charge is 0.372 e. The van der Waals surface area contributed by atoms with E-state index in [9.17, 15) is 13.2 Å². The highest BCUT2D eigenvalue weighted by molar-refractivity contribution is 7.92. The van der Waals surface area contributed by atoms with Crippen LogP contribution < -0.4 is 4.31 Å². The third-order valence-electron chi connectivity index (χ3n) is 2.96. The maximum absolute atomic E-state index is 11.6. The van der Waals surface area contributed by atoms with Gasteiger partial charge in [-0.05, 0) is 19.1 Å². The van der Waals surface area contributed by atoms with Crippen LogP contribution in [-0.4, -0.2) is 32.8 Å². The fourth-order valence-electron chi connectivity index (χ4n) is 1.93. The number of hydrogen-bond donors (Lipinski definition) is 1. The highest BCUT2D eigenvalue weighted by atomic mass is 32.2. The molecule has 102 valence electrons. The summed E-state index contributed by atoms with van der Waals surface area (Å²) in [5.74, 6) is -1.36. The van der Waals surface area contributed by atoms with Gasteiger partial charge in [0.25, 0.3) is 0 Å². The Morgan fingerprint density at radius 3 is 2.53 bits per heavy atom. The number of fused-ring (bicyclic) bond motifs is 1. The average Bonchev–Trinajstić information content (AvgIpc) is 2.65. The van der Waals surface area contributed by atoms with Gasteiger partial charge in [0.05, 0.1) is 11.9 Å². The number of furan rings is 1. The lowest BCUT2D eigenvalue weighted by Gasteiger charge is -2.17. The van der Waals surface area contributed by atoms with Gasteiger partial charge in [-0.15, -0.1) is 0 Å². The van der Waals surface area contributed by atoms with Gasteiger partial charge in [0.15, 0.2) is 0 Å². The van der Waals surface area contributed by atoms with Crippen LogP contribution in [0.4, 0.5) is 5.69 Å². The Morgan fingerprint density at radius 1 is 1.37 bits per heavy atom. The van der Waals surface area contributed by atoms with E-state index >= 15 is 0 Å². The summed E-state index contributed by atoms with van der Waals surface area (Å²) in [6.45, 7) is 1.59. The van der Waals surface area contributed by atoms with Crippen molar-refractivity contribution >= 4 is 32.6 Å². The second-order valence-electron chi connectivity index (χ2n) is 4.24. The predicted octanol–water partition coefficient (Wildman–Crippen LogP) is 1.84. The summed E-state index contributed by atoms with van der Waals surface area (Å²) in [6.07, 6.45) is 1.08. The summed E-state index contributed by atoms with van der Waals surface area (Å²) in [5, 5.41) is 9.52. The Bertz CT molecular complexity index is 760. The second kappa shape index (κ2) is 4.27. The molecule has 0 bridgehead atoms. The van der Waals surface area contributed by atoms with Crippen LogP contribution in [0, 0.1) is 6.92 Å². The predicted molar refractivity (Wildman–Crippen MR) is 71.2 cm³/mol. The zero-order valence-electron chi connectivity index (χ0n) is 10.7. The normalized spacial score (nSPS) is 11.7. The van der Waals surface area contributed by atoms with E-state index in [0.29, 0.717) is 22.2 Å². The number of nitrogens with zero attached hydrogens (tertiary/aromatic N) is 1. The molecular weight excluding hydrogens is 270 g/mol. The number of benzene rings is 1. The molecule has 19 heavy (non-hydrogen) atoms. The summed E-state index contributed by atoms with van der Waals surface area (Å²) in [4.78, 5) is 11.0. The van der Waals surface area contributed by atoms with Crippen LogP contribution in [0.15, 0.2) is 22.6 Å². The summed E-state index contributed by atoms with van der Waals surface area (Å²) < 4.78 is 29.6. The van der Waals surface area contributed by atoms with Crippen molar-refractivity contribution in [1.29, 1.82) is 0 Å². The van der Waals surface area contributed by atoms with Crippen molar-refractivity contribution in [3.05, 3.63) is 29.5 Å². The number of sulfonamides is 1. The van der Waals surface area contributed by atoms with Gasteiger partial charge in [-0.2, -0.15) is 0 Å². The van der Waals surface area contributed by atoms with Crippen molar-refractivity contribution in [2.45, 2.75) is 6.92 Å². The molecule has 0 aliphatic rings. The van der Waals surface area contributed by atoms with E-state index in [4.69, 9.17) is 9.52 Å². The van der Waals surface area contributed by atoms with Gasteiger partial charge in [-0.25, -0.2) is 13.2 Å². The topological polar surface area (TPSA) is 87.8 Å². The molecule has 0 atom stereocenters. The van der Waals surface area contributed by atoms with Crippen molar-refractivity contribution in [3.8, 4) is 0 Å². The molecule has 1 aromatic carbocycles. The number of hydrogen-bond acceptors (Lipinski definition) is 4. The average molecular weight is 283 g/mol. The number of rotatable bonds is 3. The Hall–Kier alpha value is -2.02. The molecule has 0 saturated heterocycles. The molecule has 1 N–H and O–H groups in total. The highest BCUT2D eigenvalue weighted by Gasteiger charge is 2.22. The third kappa shape index (κ3) is 2.17. The summed E-state index contributed by atoms with van der Waals surface area (Å²) >= 11 is 0. The molecule has 0 aliphatic heterocycles. The molecule has 0 saturated carbocycles. The maximum Gasteiger partial charge on any atom is 0.372 e. The quantitative estimate of drug-likeness (QED) is 0.928. The van der Waals surface area contributed by atoms with Gasteiger partial charge in [0, 0.05) is 18.0 Å². The third-order valence-corrected chi connectivity index (χ3v) is 4.15. The van der Waals surface area contributed by atoms with Crippen molar-refractivity contribution in [2.24, 2.45) is 0 Å². The monoisotopic (exact) mass is 283 g/mol. The fraction of sp³-hybridized carbons (Fsp3) is 0.250. The van der Waals surface area contributed by atoms with E-state index in [0.717, 1.165) is 10.6 Å². The van der Waals surface area contributed by atoms with E-state index in [1.165, 1.54) is 7.05 Å². The lowest BCUT2D eigenvalue weighted by atomic mass is 10.1. The Kier molecular flexibility index (Phi) is 3.01. The molecule has 0 radical (unpaired) electrons. The first-order valence-electron chi connectivity index (χ1n) is 5.42. The molecule has 0 aliphatic carbocycles. The van der Waals surface area contributed by atoms with Crippen molar-refractivity contribution < 1.29 is 22.7 Å². The van der Waals surface area contributed by atoms with Crippen LogP contribution in [0.5, 0.6) is 0 Å². The van der Waals surface area contributed by atoms with Crippen LogP contribution in [0.1, 0.15) is 16.1 Å². The molecule has 0 unspecified atom stereocenters. The number of carboxylic acids is 1. The number of aryl methyl sites for hydroxylation is 1. The zero-order chi connectivity index (χ0) is 14.4. The van der Waals surface area contributed by atoms with Gasteiger partial charge in [0.2, 0.25) is 15.8 Å². The van der Waals surface area contributed by atoms with Crippen LogP contribution in [-0.2, 0) is 10.0 Å². The Balaban J connectivity index is 2.80. The molecule has 1 aromatic heterocycles. The molecule has 1 heterocycles. The minimum absolute atomic E-state index is 0.177. The lowest BCUT2D eigenvalue weighted by Crippen LogP contribution is -2.24. The minimum Gasteiger partial charge on any atom is -0.475 e. The van der Waals surface area contributed by atoms with Gasteiger partial charge in [-0.3, -0.25) is 4.31 Å². The first kappa shape index (κ1) is 13.4. The Labute approximate surface area is 110 Å². The first-order valence-corrected chi connectivity index (χ1v) is 7.27. The second-order valence-corrected chi connectivity index (χ2v) is 6.26. The van der Waals surface area contributed by atoms with Crippen LogP contribution in [0.3, 0.4) is 0 Å². The lowest BCUT2D eigenvalue weighted by molar-refractivity contribution is 0.0664. The first-order chi connectivity index (χ1) is 8.73. The van der Waals surface area contributed by atoms with E-state index in [1.807, 2.05) is 0 Å². The minimum atomic E-state index is -3.43. The van der Waals surface area contributed by atoms with Crippen LogP contribution >= 0.6 is 0 Å². The SMILES string of the molecule is Cc1c(C(=O)O)oc2cccc(N(C)S(C)(=O)=O)c12. The molecule has 0 amide bonds. The fourth-order valence-corrected chi connectivity index (χ4v) is 2.44. The Morgan fingerprint density at radius 2 is 2.00 bits per heavy atom. The molecule has 6 nitrogen and oxygen atoms in total. The largest absolute Gasteiger partial charge is 0.475 e. The van der Waals surface area contributed by atoms with Crippen LogP contribution in [0.2, 0.25) is 0 Å². The molecule has 0 spiro atoms. The molecule has 2 aromatic rings. The maximum atomic E-state index is 11.6. The zero-order valence-corrected chi connectivity index (χ0v) is 11.5. The van der Waals surface area contributed by atoms with Crippen molar-refractivity contribution in [1.82, 2.24) is 0 Å². The highest BCUT2D eigenvalue weighted by Crippen LogP contribution is 2.34. The van der Waals surface area contributed by atoms with Crippen LogP contribution in [0.25, 0.3) is 11.0 Å². The molecule has 0 fully saturated rings. The number of carbonyl (C=O) groups is 1. The van der Waals surface area contributed by atoms with E-state index < -0.39 is 16.0 Å². The van der Waals surface area contributed by atoms with Crippen molar-refractivity contribution in [3.63, 3.8) is 0 Å². The summed E-state index contributed by atoms with van der Waals surface area (Å²) in [6, 6.07) is 4.83. The van der Waals surface area contributed by atoms with Crippen molar-refractivity contribution in [2.75, 3.05) is 17.6 Å². The van der Waals surface area contributed by atoms with E-state index in [-0.39, 0.29) is 5.76 Å². The number of anilines is 1. The van der Waals surface area contributed by atoms with Gasteiger partial charge >= 0.3 is 5.97 Å². The molecule has 7 heteroatoms. The van der Waals surface area contributed by atoms with Gasteiger partial charge in [0.1, 0.15) is 5.58 Å². The number of aromatic carboxylic acids is 1. The summed E-state index contributed by atoms with van der Waals surface area (Å²) in [5.41, 5.74) is 1.16. The van der Waals surface area contributed by atoms with E-state index in [1.54, 1.807) is 25.1 Å².